The van der Waals surface area contributed by atoms with E-state index in [1.54, 1.807) is 14.2 Å². The number of benzene rings is 1. The fraction of sp³-hybridized carbons (Fsp3) is 0.647. The lowest BCUT2D eigenvalue weighted by atomic mass is 9.98. The van der Waals surface area contributed by atoms with Crippen LogP contribution in [0.25, 0.3) is 0 Å². The number of rotatable bonds is 7. The van der Waals surface area contributed by atoms with Crippen molar-refractivity contribution in [1.82, 2.24) is 10.6 Å². The molecule has 2 atom stereocenters. The van der Waals surface area contributed by atoms with Crippen LogP contribution in [-0.2, 0) is 6.54 Å². The maximum Gasteiger partial charge on any atom is 0.161 e. The van der Waals surface area contributed by atoms with Crippen molar-refractivity contribution in [2.75, 3.05) is 20.8 Å². The molecule has 1 heterocycles. The van der Waals surface area contributed by atoms with Crippen LogP contribution in [0.2, 0.25) is 0 Å². The maximum atomic E-state index is 5.34. The molecule has 1 aromatic rings. The Morgan fingerprint density at radius 1 is 1.24 bits per heavy atom. The molecule has 0 saturated carbocycles. The molecule has 0 aliphatic carbocycles. The van der Waals surface area contributed by atoms with Gasteiger partial charge in [-0.05, 0) is 50.4 Å². The van der Waals surface area contributed by atoms with Crippen molar-refractivity contribution >= 4 is 0 Å². The molecule has 1 saturated heterocycles. The van der Waals surface area contributed by atoms with Gasteiger partial charge < -0.3 is 20.1 Å². The Labute approximate surface area is 128 Å². The summed E-state index contributed by atoms with van der Waals surface area (Å²) in [5.74, 6) is 1.57. The van der Waals surface area contributed by atoms with Crippen LogP contribution < -0.4 is 20.1 Å². The molecule has 0 aromatic heterocycles. The largest absolute Gasteiger partial charge is 0.493 e. The van der Waals surface area contributed by atoms with E-state index < -0.39 is 0 Å². The lowest BCUT2D eigenvalue weighted by Gasteiger charge is -2.26. The first-order chi connectivity index (χ1) is 10.2. The highest BCUT2D eigenvalue weighted by atomic mass is 16.5. The molecule has 0 bridgehead atoms. The predicted octanol–water partition coefficient (Wildman–Crippen LogP) is 2.71. The van der Waals surface area contributed by atoms with Crippen molar-refractivity contribution in [1.29, 1.82) is 0 Å². The first-order valence-corrected chi connectivity index (χ1v) is 7.90. The molecule has 2 unspecified atom stereocenters. The third kappa shape index (κ3) is 4.90. The number of hydrogen-bond donors (Lipinski definition) is 2. The van der Waals surface area contributed by atoms with E-state index in [9.17, 15) is 0 Å². The van der Waals surface area contributed by atoms with E-state index >= 15 is 0 Å². The minimum absolute atomic E-state index is 0.508. The summed E-state index contributed by atoms with van der Waals surface area (Å²) in [6.07, 6.45) is 5.18. The quantitative estimate of drug-likeness (QED) is 0.811. The molecule has 4 nitrogen and oxygen atoms in total. The van der Waals surface area contributed by atoms with Crippen LogP contribution >= 0.6 is 0 Å². The summed E-state index contributed by atoms with van der Waals surface area (Å²) in [6, 6.07) is 7.26. The molecule has 2 rings (SSSR count). The lowest BCUT2D eigenvalue weighted by molar-refractivity contribution is 0.343. The second kappa shape index (κ2) is 8.25. The Morgan fingerprint density at radius 2 is 2.05 bits per heavy atom. The van der Waals surface area contributed by atoms with Gasteiger partial charge in [-0.1, -0.05) is 12.5 Å². The van der Waals surface area contributed by atoms with Crippen molar-refractivity contribution in [3.63, 3.8) is 0 Å². The Morgan fingerprint density at radius 3 is 2.71 bits per heavy atom. The number of hydrogen-bond acceptors (Lipinski definition) is 4. The van der Waals surface area contributed by atoms with Gasteiger partial charge in [0.15, 0.2) is 11.5 Å². The topological polar surface area (TPSA) is 42.5 Å². The van der Waals surface area contributed by atoms with E-state index in [-0.39, 0.29) is 0 Å². The first kappa shape index (κ1) is 16.1. The summed E-state index contributed by atoms with van der Waals surface area (Å²) in [6.45, 7) is 4.29. The Bertz CT molecular complexity index is 431. The smallest absolute Gasteiger partial charge is 0.161 e. The Hall–Kier alpha value is -1.26. The van der Waals surface area contributed by atoms with Crippen LogP contribution in [-0.4, -0.2) is 32.8 Å². The fourth-order valence-corrected chi connectivity index (χ4v) is 2.92. The second-order valence-corrected chi connectivity index (χ2v) is 5.85. The third-order valence-electron chi connectivity index (χ3n) is 4.15. The van der Waals surface area contributed by atoms with Crippen LogP contribution in [0.15, 0.2) is 18.2 Å². The zero-order chi connectivity index (χ0) is 15.1. The molecule has 1 aliphatic rings. The first-order valence-electron chi connectivity index (χ1n) is 7.90. The summed E-state index contributed by atoms with van der Waals surface area (Å²) >= 11 is 0. The number of piperidine rings is 1. The van der Waals surface area contributed by atoms with Gasteiger partial charge in [0.05, 0.1) is 14.2 Å². The number of methoxy groups -OCH3 is 2. The highest BCUT2D eigenvalue weighted by Gasteiger charge is 2.15. The van der Waals surface area contributed by atoms with E-state index in [1.165, 1.54) is 37.8 Å². The van der Waals surface area contributed by atoms with E-state index in [0.717, 1.165) is 18.0 Å². The summed E-state index contributed by atoms with van der Waals surface area (Å²) in [4.78, 5) is 0. The van der Waals surface area contributed by atoms with Gasteiger partial charge in [-0.15, -0.1) is 0 Å². The second-order valence-electron chi connectivity index (χ2n) is 5.85. The molecule has 0 amide bonds. The minimum atomic E-state index is 0.508. The standard InChI is InChI=1S/C17H28N2O2/c1-13(10-15-6-4-5-9-18-15)19-12-14-7-8-16(20-2)17(11-14)21-3/h7-8,11,13,15,18-19H,4-6,9-10,12H2,1-3H3. The zero-order valence-corrected chi connectivity index (χ0v) is 13.4. The normalized spacial score (nSPS) is 20.0. The van der Waals surface area contributed by atoms with Crippen LogP contribution in [0.5, 0.6) is 11.5 Å². The summed E-state index contributed by atoms with van der Waals surface area (Å²) in [7, 11) is 3.33. The van der Waals surface area contributed by atoms with Gasteiger partial charge >= 0.3 is 0 Å². The SMILES string of the molecule is COc1ccc(CNC(C)CC2CCCCN2)cc1OC. The molecule has 1 fully saturated rings. The van der Waals surface area contributed by atoms with Crippen molar-refractivity contribution < 1.29 is 9.47 Å². The number of ether oxygens (including phenoxy) is 2. The van der Waals surface area contributed by atoms with Gasteiger partial charge in [0, 0.05) is 18.6 Å². The number of nitrogens with one attached hydrogen (secondary N) is 2. The minimum Gasteiger partial charge on any atom is -0.493 e. The predicted molar refractivity (Wildman–Crippen MR) is 86.1 cm³/mol. The Kier molecular flexibility index (Phi) is 6.33. The van der Waals surface area contributed by atoms with Gasteiger partial charge in [0.2, 0.25) is 0 Å². The highest BCUT2D eigenvalue weighted by Crippen LogP contribution is 2.27. The van der Waals surface area contributed by atoms with Gasteiger partial charge in [-0.3, -0.25) is 0 Å². The molecule has 21 heavy (non-hydrogen) atoms. The van der Waals surface area contributed by atoms with E-state index in [0.29, 0.717) is 12.1 Å². The molecule has 4 heteroatoms. The molecule has 0 radical (unpaired) electrons. The van der Waals surface area contributed by atoms with E-state index in [1.807, 2.05) is 12.1 Å². The van der Waals surface area contributed by atoms with Gasteiger partial charge in [0.1, 0.15) is 0 Å². The maximum absolute atomic E-state index is 5.34. The summed E-state index contributed by atoms with van der Waals surface area (Å²) < 4.78 is 10.6. The van der Waals surface area contributed by atoms with Crippen molar-refractivity contribution in [3.8, 4) is 11.5 Å². The molecule has 1 aromatic carbocycles. The Balaban J connectivity index is 1.81. The van der Waals surface area contributed by atoms with Crippen LogP contribution in [0.1, 0.15) is 38.2 Å². The molecule has 0 spiro atoms. The lowest BCUT2D eigenvalue weighted by Crippen LogP contribution is -2.39. The van der Waals surface area contributed by atoms with E-state index in [2.05, 4.69) is 23.6 Å². The average molecular weight is 292 g/mol. The monoisotopic (exact) mass is 292 g/mol. The van der Waals surface area contributed by atoms with Crippen molar-refractivity contribution in [3.05, 3.63) is 23.8 Å². The summed E-state index contributed by atoms with van der Waals surface area (Å²) in [5.41, 5.74) is 1.22. The average Bonchev–Trinajstić information content (AvgIpc) is 2.53. The van der Waals surface area contributed by atoms with Gasteiger partial charge in [0.25, 0.3) is 0 Å². The molecule has 1 aliphatic heterocycles. The van der Waals surface area contributed by atoms with Crippen LogP contribution in [0, 0.1) is 0 Å². The molecule has 118 valence electrons. The molecular weight excluding hydrogens is 264 g/mol. The van der Waals surface area contributed by atoms with Crippen LogP contribution in [0.4, 0.5) is 0 Å². The van der Waals surface area contributed by atoms with Gasteiger partial charge in [-0.25, -0.2) is 0 Å². The fourth-order valence-electron chi connectivity index (χ4n) is 2.92. The summed E-state index contributed by atoms with van der Waals surface area (Å²) in [5, 5.41) is 7.20. The van der Waals surface area contributed by atoms with Crippen molar-refractivity contribution in [2.45, 2.75) is 51.2 Å². The third-order valence-corrected chi connectivity index (χ3v) is 4.15. The zero-order valence-electron chi connectivity index (χ0n) is 13.4. The molecular formula is C17H28N2O2. The van der Waals surface area contributed by atoms with E-state index in [4.69, 9.17) is 9.47 Å². The molecule has 2 N–H and O–H groups in total. The van der Waals surface area contributed by atoms with Gasteiger partial charge in [-0.2, -0.15) is 0 Å². The van der Waals surface area contributed by atoms with Crippen molar-refractivity contribution in [2.24, 2.45) is 0 Å². The highest BCUT2D eigenvalue weighted by molar-refractivity contribution is 5.42. The van der Waals surface area contributed by atoms with Crippen LogP contribution in [0.3, 0.4) is 0 Å².